The number of amides is 1. The molecule has 3 atom stereocenters. The number of carbonyl (C=O) groups excluding carboxylic acids is 1. The largest absolute Gasteiger partial charge is 0.365 e. The van der Waals surface area contributed by atoms with Crippen molar-refractivity contribution in [2.45, 2.75) is 64.6 Å². The number of morpholine rings is 1. The number of nitrogens with one attached hydrogen (secondary N) is 1. The lowest BCUT2D eigenvalue weighted by Gasteiger charge is -2.44. The molecule has 1 amide bonds. The zero-order valence-electron chi connectivity index (χ0n) is 19.1. The molecule has 1 aliphatic carbocycles. The van der Waals surface area contributed by atoms with Crippen LogP contribution in [0.25, 0.3) is 5.57 Å². The summed E-state index contributed by atoms with van der Waals surface area (Å²) >= 11 is 7.87. The van der Waals surface area contributed by atoms with Gasteiger partial charge in [0, 0.05) is 35.1 Å². The highest BCUT2D eigenvalue weighted by molar-refractivity contribution is 7.12. The first-order valence-electron chi connectivity index (χ1n) is 11.5. The molecular formula is C25H32ClN3O2S. The first-order valence-corrected chi connectivity index (χ1v) is 12.7. The lowest BCUT2D eigenvalue weighted by molar-refractivity contribution is -0.144. The summed E-state index contributed by atoms with van der Waals surface area (Å²) < 4.78 is 6.02. The van der Waals surface area contributed by atoms with Gasteiger partial charge in [0.2, 0.25) is 5.91 Å². The Morgan fingerprint density at radius 2 is 2.09 bits per heavy atom. The summed E-state index contributed by atoms with van der Waals surface area (Å²) in [5.74, 6) is -0.0109. The molecule has 2 aliphatic rings. The Balaban J connectivity index is 1.50. The van der Waals surface area contributed by atoms with Gasteiger partial charge >= 0.3 is 0 Å². The van der Waals surface area contributed by atoms with Crippen LogP contribution in [0.5, 0.6) is 0 Å². The van der Waals surface area contributed by atoms with E-state index in [9.17, 15) is 4.79 Å². The van der Waals surface area contributed by atoms with Crippen molar-refractivity contribution in [3.8, 4) is 0 Å². The average Bonchev–Trinajstić information content (AvgIpc) is 3.14. The number of likely N-dealkylation sites (N-methyl/N-ethyl adjacent to an activating group) is 1. The average molecular weight is 474 g/mol. The van der Waals surface area contributed by atoms with Crippen LogP contribution < -0.4 is 5.32 Å². The maximum absolute atomic E-state index is 12.5. The van der Waals surface area contributed by atoms with Crippen LogP contribution >= 0.6 is 22.9 Å². The molecule has 1 aromatic carbocycles. The Hall–Kier alpha value is -1.73. The second-order valence-corrected chi connectivity index (χ2v) is 10.4. The summed E-state index contributed by atoms with van der Waals surface area (Å²) in [5.41, 5.74) is 3.74. The smallest absolute Gasteiger partial charge is 0.250 e. The normalized spacial score (nSPS) is 24.2. The number of allylic oxidation sites excluding steroid dienone is 1. The minimum atomic E-state index is -0.411. The van der Waals surface area contributed by atoms with E-state index < -0.39 is 6.10 Å². The summed E-state index contributed by atoms with van der Waals surface area (Å²) in [5, 5.41) is 4.84. The first-order chi connectivity index (χ1) is 15.4. The molecule has 2 aromatic rings. The van der Waals surface area contributed by atoms with Crippen LogP contribution in [0.1, 0.15) is 47.3 Å². The topological polar surface area (TPSA) is 54.5 Å². The van der Waals surface area contributed by atoms with Crippen LogP contribution in [0, 0.1) is 13.8 Å². The van der Waals surface area contributed by atoms with Gasteiger partial charge in [-0.2, -0.15) is 0 Å². The van der Waals surface area contributed by atoms with Gasteiger partial charge in [0.25, 0.3) is 0 Å². The maximum Gasteiger partial charge on any atom is 0.250 e. The van der Waals surface area contributed by atoms with E-state index in [4.69, 9.17) is 21.3 Å². The van der Waals surface area contributed by atoms with Crippen LogP contribution in [-0.2, 0) is 16.0 Å². The molecule has 172 valence electrons. The molecule has 1 aromatic heterocycles. The minimum absolute atomic E-state index is 0.0109. The van der Waals surface area contributed by atoms with E-state index in [1.165, 1.54) is 21.0 Å². The van der Waals surface area contributed by atoms with E-state index >= 15 is 0 Å². The second kappa shape index (κ2) is 10.5. The number of aryl methyl sites for hydroxylation is 2. The van der Waals surface area contributed by atoms with E-state index in [0.29, 0.717) is 25.7 Å². The monoisotopic (exact) mass is 473 g/mol. The van der Waals surface area contributed by atoms with Gasteiger partial charge in [0.15, 0.2) is 0 Å². The van der Waals surface area contributed by atoms with Gasteiger partial charge in [0.05, 0.1) is 12.3 Å². The molecule has 1 N–H and O–H groups in total. The fourth-order valence-corrected chi connectivity index (χ4v) is 5.71. The highest BCUT2D eigenvalue weighted by Gasteiger charge is 2.37. The highest BCUT2D eigenvalue weighted by atomic mass is 35.5. The van der Waals surface area contributed by atoms with Crippen molar-refractivity contribution in [2.24, 2.45) is 0 Å². The number of rotatable bonds is 6. The molecule has 5 nitrogen and oxygen atoms in total. The third-order valence-corrected chi connectivity index (χ3v) is 7.92. The SMILES string of the molecule is CCNC(=O)C1CN(C2CC=C(c3nc(C)c(C)s3)CC2)C(Cc2ccc(Cl)cc2)CO1. The predicted molar refractivity (Wildman–Crippen MR) is 131 cm³/mol. The molecule has 4 rings (SSSR count). The maximum atomic E-state index is 12.5. The van der Waals surface area contributed by atoms with Crippen molar-refractivity contribution in [2.75, 3.05) is 19.7 Å². The van der Waals surface area contributed by atoms with Crippen molar-refractivity contribution in [1.29, 1.82) is 0 Å². The molecule has 32 heavy (non-hydrogen) atoms. The Bertz CT molecular complexity index is 953. The van der Waals surface area contributed by atoms with Gasteiger partial charge in [0.1, 0.15) is 11.1 Å². The summed E-state index contributed by atoms with van der Waals surface area (Å²) in [4.78, 5) is 21.1. The van der Waals surface area contributed by atoms with Crippen LogP contribution in [-0.4, -0.2) is 53.7 Å². The Morgan fingerprint density at radius 3 is 2.72 bits per heavy atom. The molecule has 0 radical (unpaired) electrons. The number of hydrogen-bond donors (Lipinski definition) is 1. The summed E-state index contributed by atoms with van der Waals surface area (Å²) in [6.07, 6.45) is 5.91. The van der Waals surface area contributed by atoms with Crippen LogP contribution in [0.4, 0.5) is 0 Å². The molecule has 1 saturated heterocycles. The molecule has 1 aliphatic heterocycles. The minimum Gasteiger partial charge on any atom is -0.365 e. The standard InChI is InChI=1S/C25H32ClN3O2S/c1-4-27-24(30)23-14-29(22(15-31-23)13-18-5-9-20(26)10-6-18)21-11-7-19(8-12-21)25-28-16(2)17(3)32-25/h5-7,9-10,21-23H,4,8,11-15H2,1-3H3,(H,27,30). The quantitative estimate of drug-likeness (QED) is 0.654. The zero-order valence-corrected chi connectivity index (χ0v) is 20.6. The van der Waals surface area contributed by atoms with Crippen molar-refractivity contribution in [1.82, 2.24) is 15.2 Å². The van der Waals surface area contributed by atoms with E-state index in [0.717, 1.165) is 36.4 Å². The van der Waals surface area contributed by atoms with Gasteiger partial charge < -0.3 is 10.1 Å². The molecule has 0 spiro atoms. The number of halogens is 1. The lowest BCUT2D eigenvalue weighted by atomic mass is 9.91. The number of nitrogens with zero attached hydrogens (tertiary/aromatic N) is 2. The molecule has 7 heteroatoms. The van der Waals surface area contributed by atoms with Crippen molar-refractivity contribution in [3.63, 3.8) is 0 Å². The second-order valence-electron chi connectivity index (χ2n) is 8.72. The van der Waals surface area contributed by atoms with Gasteiger partial charge in [-0.25, -0.2) is 4.98 Å². The van der Waals surface area contributed by atoms with E-state index in [-0.39, 0.29) is 11.9 Å². The Kier molecular flexibility index (Phi) is 7.66. The van der Waals surface area contributed by atoms with Gasteiger partial charge in [-0.15, -0.1) is 11.3 Å². The lowest BCUT2D eigenvalue weighted by Crippen LogP contribution is -2.58. The summed E-state index contributed by atoms with van der Waals surface area (Å²) in [7, 11) is 0. The molecule has 0 saturated carbocycles. The predicted octanol–water partition coefficient (Wildman–Crippen LogP) is 4.80. The first kappa shape index (κ1) is 23.4. The molecule has 0 bridgehead atoms. The van der Waals surface area contributed by atoms with E-state index in [1.54, 1.807) is 11.3 Å². The highest BCUT2D eigenvalue weighted by Crippen LogP contribution is 2.34. The fraction of sp³-hybridized carbons (Fsp3) is 0.520. The van der Waals surface area contributed by atoms with Crippen LogP contribution in [0.2, 0.25) is 5.02 Å². The number of ether oxygens (including phenoxy) is 1. The summed E-state index contributed by atoms with van der Waals surface area (Å²) in [6.45, 7) is 7.97. The Morgan fingerprint density at radius 1 is 1.31 bits per heavy atom. The van der Waals surface area contributed by atoms with Crippen molar-refractivity contribution in [3.05, 3.63) is 56.5 Å². The van der Waals surface area contributed by atoms with Gasteiger partial charge in [-0.3, -0.25) is 9.69 Å². The van der Waals surface area contributed by atoms with Crippen LogP contribution in [0.15, 0.2) is 30.3 Å². The molecule has 2 heterocycles. The third kappa shape index (κ3) is 5.42. The summed E-state index contributed by atoms with van der Waals surface area (Å²) in [6, 6.07) is 8.70. The Labute approximate surface area is 199 Å². The number of benzene rings is 1. The van der Waals surface area contributed by atoms with Gasteiger partial charge in [-0.1, -0.05) is 29.8 Å². The van der Waals surface area contributed by atoms with Gasteiger partial charge in [-0.05, 0) is 69.7 Å². The number of carbonyl (C=O) groups is 1. The fourth-order valence-electron chi connectivity index (χ4n) is 4.60. The van der Waals surface area contributed by atoms with Crippen molar-refractivity contribution < 1.29 is 9.53 Å². The van der Waals surface area contributed by atoms with Crippen molar-refractivity contribution >= 4 is 34.4 Å². The number of hydrogen-bond acceptors (Lipinski definition) is 5. The molecular weight excluding hydrogens is 442 g/mol. The third-order valence-electron chi connectivity index (χ3n) is 6.52. The number of aromatic nitrogens is 1. The van der Waals surface area contributed by atoms with E-state index in [1.807, 2.05) is 19.1 Å². The molecule has 1 fully saturated rings. The zero-order chi connectivity index (χ0) is 22.7. The molecule has 3 unspecified atom stereocenters. The van der Waals surface area contributed by atoms with E-state index in [2.05, 4.69) is 42.3 Å². The van der Waals surface area contributed by atoms with Crippen LogP contribution in [0.3, 0.4) is 0 Å². The number of thiazole rings is 1.